The van der Waals surface area contributed by atoms with E-state index in [4.69, 9.17) is 4.43 Å². The molecule has 1 atom stereocenters. The van der Waals surface area contributed by atoms with Crippen LogP contribution in [0.4, 0.5) is 0 Å². The molecule has 3 nitrogen and oxygen atoms in total. The third kappa shape index (κ3) is 9.55. The second-order valence-corrected chi connectivity index (χ2v) is 16.3. The second-order valence-electron chi connectivity index (χ2n) is 7.11. The highest BCUT2D eigenvalue weighted by molar-refractivity contribution is 6.74. The van der Waals surface area contributed by atoms with Gasteiger partial charge in [0.15, 0.2) is 0 Å². The molecule has 17 heavy (non-hydrogen) atoms. The zero-order valence-electron chi connectivity index (χ0n) is 12.7. The molecule has 0 fully saturated rings. The first-order chi connectivity index (χ1) is 7.41. The van der Waals surface area contributed by atoms with E-state index in [0.29, 0.717) is 5.92 Å². The van der Waals surface area contributed by atoms with E-state index in [9.17, 15) is 4.79 Å². The van der Waals surface area contributed by atoms with Crippen LogP contribution in [0.25, 0.3) is 0 Å². The lowest BCUT2D eigenvalue weighted by Gasteiger charge is -2.29. The van der Waals surface area contributed by atoms with Crippen molar-refractivity contribution in [2.75, 3.05) is 0 Å². The normalized spacial score (nSPS) is 14.9. The molecule has 0 heterocycles. The first-order valence-electron chi connectivity index (χ1n) is 6.41. The Balaban J connectivity index is 4.63. The number of hydrogen-bond donors (Lipinski definition) is 1. The molecular weight excluding hydrogens is 246 g/mol. The minimum atomic E-state index is -1.78. The van der Waals surface area contributed by atoms with Gasteiger partial charge in [-0.2, -0.15) is 0 Å². The fraction of sp³-hybridized carbons (Fsp3) is 0.917. The largest absolute Gasteiger partial charge is 0.519 e. The lowest BCUT2D eigenvalue weighted by Crippen LogP contribution is -2.53. The van der Waals surface area contributed by atoms with E-state index in [1.54, 1.807) is 0 Å². The minimum Gasteiger partial charge on any atom is -0.519 e. The van der Waals surface area contributed by atoms with E-state index < -0.39 is 16.6 Å². The first kappa shape index (κ1) is 16.9. The van der Waals surface area contributed by atoms with Crippen LogP contribution >= 0.6 is 0 Å². The quantitative estimate of drug-likeness (QED) is 0.757. The van der Waals surface area contributed by atoms with Crippen molar-refractivity contribution in [2.45, 2.75) is 65.6 Å². The fourth-order valence-corrected chi connectivity index (χ4v) is 3.61. The third-order valence-corrected chi connectivity index (χ3v) is 4.03. The molecule has 0 aliphatic rings. The van der Waals surface area contributed by atoms with Gasteiger partial charge in [-0.05, 0) is 32.0 Å². The smallest absolute Gasteiger partial charge is 0.309 e. The summed E-state index contributed by atoms with van der Waals surface area (Å²) in [6.45, 7) is 17.1. The molecule has 0 spiro atoms. The molecule has 0 aliphatic carbocycles. The summed E-state index contributed by atoms with van der Waals surface area (Å²) in [6.07, 6.45) is 0.855. The van der Waals surface area contributed by atoms with Crippen LogP contribution in [0, 0.1) is 5.92 Å². The van der Waals surface area contributed by atoms with Crippen LogP contribution in [0.3, 0.4) is 0 Å². The predicted octanol–water partition coefficient (Wildman–Crippen LogP) is 3.20. The Morgan fingerprint density at radius 1 is 1.12 bits per heavy atom. The van der Waals surface area contributed by atoms with Crippen LogP contribution in [0.2, 0.25) is 39.3 Å². The van der Waals surface area contributed by atoms with Crippen LogP contribution in [0.5, 0.6) is 0 Å². The Bertz CT molecular complexity index is 254. The van der Waals surface area contributed by atoms with Gasteiger partial charge in [0, 0.05) is 0 Å². The van der Waals surface area contributed by atoms with Gasteiger partial charge in [0.05, 0.1) is 6.04 Å². The Hall–Kier alpha value is -0.136. The molecule has 0 unspecified atom stereocenters. The number of carbonyl (C=O) groups excluding carboxylic acids is 1. The van der Waals surface area contributed by atoms with Gasteiger partial charge < -0.3 is 9.41 Å². The maximum absolute atomic E-state index is 12.1. The highest BCUT2D eigenvalue weighted by atomic mass is 28.4. The zero-order chi connectivity index (χ0) is 13.9. The summed E-state index contributed by atoms with van der Waals surface area (Å²) in [6, 6.07) is -0.131. The number of carbonyl (C=O) groups is 1. The van der Waals surface area contributed by atoms with Gasteiger partial charge >= 0.3 is 5.97 Å². The van der Waals surface area contributed by atoms with E-state index >= 15 is 0 Å². The number of rotatable bonds is 6. The lowest BCUT2D eigenvalue weighted by molar-refractivity contribution is -0.137. The third-order valence-electron chi connectivity index (χ3n) is 2.01. The zero-order valence-corrected chi connectivity index (χ0v) is 14.7. The van der Waals surface area contributed by atoms with Crippen LogP contribution in [0.15, 0.2) is 0 Å². The predicted molar refractivity (Wildman–Crippen MR) is 79.2 cm³/mol. The van der Waals surface area contributed by atoms with Gasteiger partial charge in [-0.1, -0.05) is 33.5 Å². The molecule has 102 valence electrons. The van der Waals surface area contributed by atoms with Crippen molar-refractivity contribution < 1.29 is 9.22 Å². The molecule has 0 amide bonds. The van der Waals surface area contributed by atoms with Gasteiger partial charge in [-0.3, -0.25) is 4.79 Å². The van der Waals surface area contributed by atoms with Crippen molar-refractivity contribution in [3.63, 3.8) is 0 Å². The molecular formula is C12H29NO2Si2. The van der Waals surface area contributed by atoms with E-state index in [0.717, 1.165) is 6.42 Å². The Morgan fingerprint density at radius 3 is 1.88 bits per heavy atom. The summed E-state index contributed by atoms with van der Waals surface area (Å²) in [5.41, 5.74) is 0. The molecule has 0 rings (SSSR count). The SMILES string of the molecule is CC(C)C[C@H](N[Si](C)(C)C)C(=O)O[Si](C)(C)C. The van der Waals surface area contributed by atoms with Crippen molar-refractivity contribution >= 4 is 22.5 Å². The molecule has 1 N–H and O–H groups in total. The summed E-state index contributed by atoms with van der Waals surface area (Å²) in [5.74, 6) is 0.443. The summed E-state index contributed by atoms with van der Waals surface area (Å²) >= 11 is 0. The molecule has 0 saturated heterocycles. The maximum atomic E-state index is 12.1. The molecule has 0 bridgehead atoms. The summed E-state index contributed by atoms with van der Waals surface area (Å²) in [4.78, 5) is 15.6. The average Bonchev–Trinajstić information content (AvgIpc) is 1.95. The molecule has 5 heteroatoms. The maximum Gasteiger partial charge on any atom is 0.309 e. The molecule has 0 aliphatic heterocycles. The molecule has 0 aromatic rings. The molecule has 0 aromatic heterocycles. The van der Waals surface area contributed by atoms with Gasteiger partial charge in [-0.15, -0.1) is 0 Å². The van der Waals surface area contributed by atoms with Gasteiger partial charge in [-0.25, -0.2) is 0 Å². The van der Waals surface area contributed by atoms with Crippen LogP contribution in [-0.2, 0) is 9.22 Å². The van der Waals surface area contributed by atoms with Crippen LogP contribution in [0.1, 0.15) is 20.3 Å². The second kappa shape index (κ2) is 6.15. The van der Waals surface area contributed by atoms with Crippen molar-refractivity contribution in [1.29, 1.82) is 0 Å². The van der Waals surface area contributed by atoms with E-state index in [2.05, 4.69) is 38.5 Å². The summed E-state index contributed by atoms with van der Waals surface area (Å²) < 4.78 is 5.61. The van der Waals surface area contributed by atoms with Crippen molar-refractivity contribution in [1.82, 2.24) is 4.98 Å². The van der Waals surface area contributed by atoms with Gasteiger partial charge in [0.2, 0.25) is 8.32 Å². The van der Waals surface area contributed by atoms with Crippen molar-refractivity contribution in [3.05, 3.63) is 0 Å². The van der Waals surface area contributed by atoms with Crippen LogP contribution in [-0.4, -0.2) is 28.6 Å². The fourth-order valence-electron chi connectivity index (χ4n) is 1.58. The summed E-state index contributed by atoms with van der Waals surface area (Å²) in [5, 5.41) is 0. The monoisotopic (exact) mass is 275 g/mol. The highest BCUT2D eigenvalue weighted by Crippen LogP contribution is 2.13. The van der Waals surface area contributed by atoms with Gasteiger partial charge in [0.1, 0.15) is 8.24 Å². The Morgan fingerprint density at radius 2 is 1.59 bits per heavy atom. The first-order valence-corrected chi connectivity index (χ1v) is 13.3. The highest BCUT2D eigenvalue weighted by Gasteiger charge is 2.30. The van der Waals surface area contributed by atoms with Crippen molar-refractivity contribution in [3.8, 4) is 0 Å². The van der Waals surface area contributed by atoms with E-state index in [1.807, 2.05) is 19.6 Å². The van der Waals surface area contributed by atoms with E-state index in [1.165, 1.54) is 0 Å². The Labute approximate surface area is 109 Å². The Kier molecular flexibility index (Phi) is 6.11. The summed E-state index contributed by atoms with van der Waals surface area (Å²) in [7, 11) is -3.24. The molecule has 0 aromatic carbocycles. The molecule has 0 saturated carbocycles. The number of hydrogen-bond acceptors (Lipinski definition) is 3. The van der Waals surface area contributed by atoms with Gasteiger partial charge in [0.25, 0.3) is 0 Å². The molecule has 0 radical (unpaired) electrons. The average molecular weight is 276 g/mol. The van der Waals surface area contributed by atoms with E-state index in [-0.39, 0.29) is 12.0 Å². The van der Waals surface area contributed by atoms with Crippen molar-refractivity contribution in [2.24, 2.45) is 5.92 Å². The minimum absolute atomic E-state index is 0.0553. The number of nitrogens with one attached hydrogen (secondary N) is 1. The topological polar surface area (TPSA) is 38.3 Å². The van der Waals surface area contributed by atoms with Crippen LogP contribution < -0.4 is 4.98 Å². The standard InChI is InChI=1S/C12H29NO2Si2/c1-10(2)9-11(13-16(3,4)5)12(14)15-17(6,7)8/h10-11,13H,9H2,1-8H3/t11-/m0/s1. The lowest BCUT2D eigenvalue weighted by atomic mass is 10.1.